The number of carbonyl (C=O) groups excluding carboxylic acids is 1. The first-order valence-corrected chi connectivity index (χ1v) is 5.95. The van der Waals surface area contributed by atoms with Gasteiger partial charge in [0.15, 0.2) is 0 Å². The van der Waals surface area contributed by atoms with E-state index in [1.807, 2.05) is 4.90 Å². The SMILES string of the molecule is O=C(CCCCBr)N1CC=CCC1. The van der Waals surface area contributed by atoms with Gasteiger partial charge in [0.1, 0.15) is 0 Å². The number of hydrogen-bond donors (Lipinski definition) is 0. The summed E-state index contributed by atoms with van der Waals surface area (Å²) in [6.07, 6.45) is 8.04. The van der Waals surface area contributed by atoms with Crippen LogP contribution >= 0.6 is 15.9 Å². The van der Waals surface area contributed by atoms with Crippen LogP contribution in [0.5, 0.6) is 0 Å². The molecule has 1 amide bonds. The molecule has 13 heavy (non-hydrogen) atoms. The first kappa shape index (κ1) is 10.8. The van der Waals surface area contributed by atoms with Gasteiger partial charge in [-0.3, -0.25) is 4.79 Å². The lowest BCUT2D eigenvalue weighted by atomic mass is 10.2. The standard InChI is InChI=1S/C10H16BrNO/c11-7-3-2-6-10(13)12-8-4-1-5-9-12/h1,4H,2-3,5-9H2. The predicted molar refractivity (Wildman–Crippen MR) is 58.0 cm³/mol. The van der Waals surface area contributed by atoms with E-state index in [4.69, 9.17) is 0 Å². The van der Waals surface area contributed by atoms with E-state index < -0.39 is 0 Å². The summed E-state index contributed by atoms with van der Waals surface area (Å²) in [5.41, 5.74) is 0. The molecule has 0 atom stereocenters. The molecule has 0 aromatic heterocycles. The third kappa shape index (κ3) is 3.94. The van der Waals surface area contributed by atoms with Crippen molar-refractivity contribution in [2.75, 3.05) is 18.4 Å². The zero-order valence-electron chi connectivity index (χ0n) is 7.84. The maximum atomic E-state index is 11.5. The van der Waals surface area contributed by atoms with Gasteiger partial charge >= 0.3 is 0 Å². The minimum absolute atomic E-state index is 0.310. The Morgan fingerprint density at radius 2 is 2.23 bits per heavy atom. The van der Waals surface area contributed by atoms with E-state index in [0.717, 1.165) is 37.7 Å². The van der Waals surface area contributed by atoms with Gasteiger partial charge in [0.05, 0.1) is 0 Å². The molecule has 1 rings (SSSR count). The number of unbranched alkanes of at least 4 members (excludes halogenated alkanes) is 1. The molecule has 0 spiro atoms. The van der Waals surface area contributed by atoms with E-state index in [1.165, 1.54) is 0 Å². The summed E-state index contributed by atoms with van der Waals surface area (Å²) in [7, 11) is 0. The zero-order chi connectivity index (χ0) is 9.52. The van der Waals surface area contributed by atoms with Crippen molar-refractivity contribution in [2.45, 2.75) is 25.7 Å². The molecule has 74 valence electrons. The van der Waals surface area contributed by atoms with Gasteiger partial charge in [-0.1, -0.05) is 28.1 Å². The van der Waals surface area contributed by atoms with Crippen LogP contribution in [0.1, 0.15) is 25.7 Å². The molecule has 0 radical (unpaired) electrons. The first-order valence-electron chi connectivity index (χ1n) is 4.83. The van der Waals surface area contributed by atoms with Gasteiger partial charge in [-0.2, -0.15) is 0 Å². The lowest BCUT2D eigenvalue weighted by Crippen LogP contribution is -2.33. The molecule has 3 heteroatoms. The Hall–Kier alpha value is -0.310. The van der Waals surface area contributed by atoms with Gasteiger partial charge in [0.2, 0.25) is 5.91 Å². The Balaban J connectivity index is 2.18. The van der Waals surface area contributed by atoms with Crippen molar-refractivity contribution < 1.29 is 4.79 Å². The molecule has 2 nitrogen and oxygen atoms in total. The molecule has 1 aliphatic heterocycles. The van der Waals surface area contributed by atoms with Crippen LogP contribution in [0.15, 0.2) is 12.2 Å². The Kier molecular flexibility index (Phi) is 5.13. The molecule has 0 aliphatic carbocycles. The van der Waals surface area contributed by atoms with E-state index in [-0.39, 0.29) is 0 Å². The van der Waals surface area contributed by atoms with Crippen molar-refractivity contribution in [1.29, 1.82) is 0 Å². The highest BCUT2D eigenvalue weighted by molar-refractivity contribution is 9.09. The molecule has 0 saturated carbocycles. The minimum Gasteiger partial charge on any atom is -0.339 e. The number of amides is 1. The molecule has 0 aromatic rings. The van der Waals surface area contributed by atoms with E-state index in [9.17, 15) is 4.79 Å². The Bertz CT molecular complexity index is 191. The molecule has 0 saturated heterocycles. The van der Waals surface area contributed by atoms with E-state index in [0.29, 0.717) is 12.3 Å². The smallest absolute Gasteiger partial charge is 0.222 e. The van der Waals surface area contributed by atoms with Crippen LogP contribution in [0.25, 0.3) is 0 Å². The third-order valence-electron chi connectivity index (χ3n) is 2.19. The summed E-state index contributed by atoms with van der Waals surface area (Å²) in [6, 6.07) is 0. The summed E-state index contributed by atoms with van der Waals surface area (Å²) in [6.45, 7) is 1.72. The highest BCUT2D eigenvalue weighted by atomic mass is 79.9. The van der Waals surface area contributed by atoms with Gasteiger partial charge in [-0.25, -0.2) is 0 Å². The van der Waals surface area contributed by atoms with Crippen molar-refractivity contribution in [3.8, 4) is 0 Å². The maximum absolute atomic E-state index is 11.5. The van der Waals surface area contributed by atoms with Crippen LogP contribution in [-0.2, 0) is 4.79 Å². The van der Waals surface area contributed by atoms with Crippen LogP contribution < -0.4 is 0 Å². The Morgan fingerprint density at radius 3 is 2.85 bits per heavy atom. The molecule has 0 N–H and O–H groups in total. The second-order valence-electron chi connectivity index (χ2n) is 3.25. The fourth-order valence-corrected chi connectivity index (χ4v) is 1.79. The maximum Gasteiger partial charge on any atom is 0.222 e. The highest BCUT2D eigenvalue weighted by Crippen LogP contribution is 2.06. The molecule has 1 heterocycles. The van der Waals surface area contributed by atoms with E-state index in [2.05, 4.69) is 28.1 Å². The topological polar surface area (TPSA) is 20.3 Å². The summed E-state index contributed by atoms with van der Waals surface area (Å²) >= 11 is 3.36. The minimum atomic E-state index is 0.310. The quantitative estimate of drug-likeness (QED) is 0.423. The summed E-state index contributed by atoms with van der Waals surface area (Å²) in [5.74, 6) is 0.310. The fraction of sp³-hybridized carbons (Fsp3) is 0.700. The number of nitrogens with zero attached hydrogens (tertiary/aromatic N) is 1. The van der Waals surface area contributed by atoms with Crippen LogP contribution in [0.2, 0.25) is 0 Å². The monoisotopic (exact) mass is 245 g/mol. The van der Waals surface area contributed by atoms with Gasteiger partial charge in [0.25, 0.3) is 0 Å². The summed E-state index contributed by atoms with van der Waals surface area (Å²) < 4.78 is 0. The number of carbonyl (C=O) groups is 1. The zero-order valence-corrected chi connectivity index (χ0v) is 9.42. The van der Waals surface area contributed by atoms with Gasteiger partial charge in [-0.05, 0) is 19.3 Å². The Morgan fingerprint density at radius 1 is 1.38 bits per heavy atom. The molecule has 0 aromatic carbocycles. The van der Waals surface area contributed by atoms with Crippen LogP contribution in [0.3, 0.4) is 0 Å². The predicted octanol–water partition coefficient (Wildman–Crippen LogP) is 2.34. The second-order valence-corrected chi connectivity index (χ2v) is 4.04. The van der Waals surface area contributed by atoms with Crippen molar-refractivity contribution >= 4 is 21.8 Å². The number of hydrogen-bond acceptors (Lipinski definition) is 1. The van der Waals surface area contributed by atoms with E-state index >= 15 is 0 Å². The average molecular weight is 246 g/mol. The fourth-order valence-electron chi connectivity index (χ4n) is 1.40. The highest BCUT2D eigenvalue weighted by Gasteiger charge is 2.12. The molecular formula is C10H16BrNO. The summed E-state index contributed by atoms with van der Waals surface area (Å²) in [4.78, 5) is 13.5. The van der Waals surface area contributed by atoms with Gasteiger partial charge in [-0.15, -0.1) is 0 Å². The molecule has 0 bridgehead atoms. The first-order chi connectivity index (χ1) is 6.34. The number of halogens is 1. The van der Waals surface area contributed by atoms with Crippen LogP contribution in [0.4, 0.5) is 0 Å². The lowest BCUT2D eigenvalue weighted by Gasteiger charge is -2.23. The van der Waals surface area contributed by atoms with Gasteiger partial charge < -0.3 is 4.90 Å². The van der Waals surface area contributed by atoms with Gasteiger partial charge in [0, 0.05) is 24.8 Å². The molecule has 0 fully saturated rings. The normalized spacial score (nSPS) is 16.2. The second kappa shape index (κ2) is 6.19. The third-order valence-corrected chi connectivity index (χ3v) is 2.75. The van der Waals surface area contributed by atoms with Crippen molar-refractivity contribution in [3.63, 3.8) is 0 Å². The molecule has 0 unspecified atom stereocenters. The van der Waals surface area contributed by atoms with Crippen molar-refractivity contribution in [2.24, 2.45) is 0 Å². The van der Waals surface area contributed by atoms with Crippen molar-refractivity contribution in [1.82, 2.24) is 4.90 Å². The van der Waals surface area contributed by atoms with E-state index in [1.54, 1.807) is 0 Å². The largest absolute Gasteiger partial charge is 0.339 e. The Labute approximate surface area is 88.1 Å². The molecule has 1 aliphatic rings. The van der Waals surface area contributed by atoms with Crippen LogP contribution in [-0.4, -0.2) is 29.2 Å². The van der Waals surface area contributed by atoms with Crippen LogP contribution in [0, 0.1) is 0 Å². The molecular weight excluding hydrogens is 230 g/mol. The number of rotatable bonds is 4. The lowest BCUT2D eigenvalue weighted by molar-refractivity contribution is -0.130. The number of alkyl halides is 1. The van der Waals surface area contributed by atoms with Crippen molar-refractivity contribution in [3.05, 3.63) is 12.2 Å². The summed E-state index contributed by atoms with van der Waals surface area (Å²) in [5, 5.41) is 1.00. The average Bonchev–Trinajstić information content (AvgIpc) is 2.19.